The van der Waals surface area contributed by atoms with Crippen molar-refractivity contribution in [2.24, 2.45) is 7.05 Å². The molecule has 0 aromatic carbocycles. The van der Waals surface area contributed by atoms with Crippen LogP contribution in [-0.2, 0) is 7.05 Å². The molecule has 0 saturated heterocycles. The average molecular weight is 366 g/mol. The van der Waals surface area contributed by atoms with E-state index < -0.39 is 0 Å². The van der Waals surface area contributed by atoms with Gasteiger partial charge >= 0.3 is 0 Å². The fourth-order valence-electron chi connectivity index (χ4n) is 3.43. The van der Waals surface area contributed by atoms with Crippen molar-refractivity contribution in [3.63, 3.8) is 0 Å². The summed E-state index contributed by atoms with van der Waals surface area (Å²) in [6.07, 6.45) is 9.54. The Hall–Kier alpha value is -3.00. The Morgan fingerprint density at radius 3 is 2.74 bits per heavy atom. The van der Waals surface area contributed by atoms with Crippen LogP contribution in [0, 0.1) is 0 Å². The number of pyridine rings is 2. The Balaban J connectivity index is 1.73. The Bertz CT molecular complexity index is 996. The SMILES string of the molecule is Cn1ccc2cc(Nc3cnccn3)nc(N[C@H]3CC[C@@H](O)CC3)c2c1=O. The first kappa shape index (κ1) is 17.4. The van der Waals surface area contributed by atoms with Gasteiger partial charge < -0.3 is 20.3 Å². The van der Waals surface area contributed by atoms with E-state index >= 15 is 0 Å². The number of aromatic nitrogens is 4. The number of anilines is 3. The van der Waals surface area contributed by atoms with Gasteiger partial charge in [0.1, 0.15) is 17.5 Å². The number of aliphatic hydroxyl groups excluding tert-OH is 1. The van der Waals surface area contributed by atoms with Crippen LogP contribution >= 0.6 is 0 Å². The molecule has 27 heavy (non-hydrogen) atoms. The van der Waals surface area contributed by atoms with Gasteiger partial charge in [0.2, 0.25) is 0 Å². The maximum absolute atomic E-state index is 12.7. The molecule has 1 aliphatic rings. The number of hydrogen-bond acceptors (Lipinski definition) is 7. The van der Waals surface area contributed by atoms with Crippen molar-refractivity contribution in [2.75, 3.05) is 10.6 Å². The molecule has 8 nitrogen and oxygen atoms in total. The first-order chi connectivity index (χ1) is 13.1. The largest absolute Gasteiger partial charge is 0.393 e. The van der Waals surface area contributed by atoms with Crippen molar-refractivity contribution in [3.8, 4) is 0 Å². The molecule has 0 unspecified atom stereocenters. The highest BCUT2D eigenvalue weighted by atomic mass is 16.3. The predicted octanol–water partition coefficient (Wildman–Crippen LogP) is 2.18. The van der Waals surface area contributed by atoms with E-state index in [2.05, 4.69) is 25.6 Å². The molecule has 0 bridgehead atoms. The van der Waals surface area contributed by atoms with E-state index in [1.165, 1.54) is 0 Å². The van der Waals surface area contributed by atoms with Gasteiger partial charge in [-0.2, -0.15) is 0 Å². The van der Waals surface area contributed by atoms with E-state index in [1.807, 2.05) is 12.1 Å². The second kappa shape index (κ2) is 7.32. The molecule has 0 aliphatic heterocycles. The Morgan fingerprint density at radius 2 is 2.00 bits per heavy atom. The van der Waals surface area contributed by atoms with Gasteiger partial charge in [-0.1, -0.05) is 0 Å². The van der Waals surface area contributed by atoms with Gasteiger partial charge in [-0.05, 0) is 43.2 Å². The molecule has 3 heterocycles. The second-order valence-electron chi connectivity index (χ2n) is 6.92. The molecule has 4 rings (SSSR count). The van der Waals surface area contributed by atoms with E-state index in [4.69, 9.17) is 0 Å². The van der Waals surface area contributed by atoms with Crippen LogP contribution < -0.4 is 16.2 Å². The van der Waals surface area contributed by atoms with Crippen LogP contribution in [0.2, 0.25) is 0 Å². The zero-order valence-corrected chi connectivity index (χ0v) is 15.1. The number of aryl methyl sites for hydroxylation is 1. The number of nitrogens with zero attached hydrogens (tertiary/aromatic N) is 4. The highest BCUT2D eigenvalue weighted by molar-refractivity contribution is 5.93. The van der Waals surface area contributed by atoms with Crippen LogP contribution in [0.3, 0.4) is 0 Å². The van der Waals surface area contributed by atoms with Crippen LogP contribution in [0.25, 0.3) is 10.8 Å². The average Bonchev–Trinajstić information content (AvgIpc) is 2.67. The third-order valence-corrected chi connectivity index (χ3v) is 4.92. The van der Waals surface area contributed by atoms with Crippen molar-refractivity contribution in [1.29, 1.82) is 0 Å². The van der Waals surface area contributed by atoms with Crippen molar-refractivity contribution in [2.45, 2.75) is 37.8 Å². The molecule has 3 aromatic heterocycles. The molecule has 140 valence electrons. The molecular formula is C19H22N6O2. The summed E-state index contributed by atoms with van der Waals surface area (Å²) in [6.45, 7) is 0. The van der Waals surface area contributed by atoms with E-state index in [0.29, 0.717) is 22.8 Å². The fraction of sp³-hybridized carbons (Fsp3) is 0.368. The Labute approximate surface area is 156 Å². The van der Waals surface area contributed by atoms with Crippen molar-refractivity contribution >= 4 is 28.2 Å². The summed E-state index contributed by atoms with van der Waals surface area (Å²) in [4.78, 5) is 25.6. The first-order valence-corrected chi connectivity index (χ1v) is 9.08. The molecule has 0 amide bonds. The smallest absolute Gasteiger partial charge is 0.261 e. The maximum Gasteiger partial charge on any atom is 0.261 e. The number of aliphatic hydroxyl groups is 1. The molecule has 3 N–H and O–H groups in total. The minimum atomic E-state index is -0.231. The lowest BCUT2D eigenvalue weighted by Crippen LogP contribution is -2.29. The van der Waals surface area contributed by atoms with Crippen LogP contribution in [0.15, 0.2) is 41.7 Å². The van der Waals surface area contributed by atoms with Gasteiger partial charge in [-0.15, -0.1) is 0 Å². The summed E-state index contributed by atoms with van der Waals surface area (Å²) in [7, 11) is 1.73. The number of rotatable bonds is 4. The normalized spacial score (nSPS) is 19.8. The van der Waals surface area contributed by atoms with Crippen molar-refractivity contribution in [1.82, 2.24) is 19.5 Å². The van der Waals surface area contributed by atoms with E-state index in [0.717, 1.165) is 31.1 Å². The van der Waals surface area contributed by atoms with Crippen LogP contribution in [-0.4, -0.2) is 36.8 Å². The van der Waals surface area contributed by atoms with Gasteiger partial charge in [-0.25, -0.2) is 9.97 Å². The minimum Gasteiger partial charge on any atom is -0.393 e. The third-order valence-electron chi connectivity index (χ3n) is 4.92. The molecule has 1 fully saturated rings. The van der Waals surface area contributed by atoms with Crippen LogP contribution in [0.4, 0.5) is 17.5 Å². The maximum atomic E-state index is 12.7. The Morgan fingerprint density at radius 1 is 1.19 bits per heavy atom. The topological polar surface area (TPSA) is 105 Å². The lowest BCUT2D eigenvalue weighted by Gasteiger charge is -2.27. The number of fused-ring (bicyclic) bond motifs is 1. The van der Waals surface area contributed by atoms with Gasteiger partial charge in [0.25, 0.3) is 5.56 Å². The zero-order chi connectivity index (χ0) is 18.8. The molecule has 8 heteroatoms. The van der Waals surface area contributed by atoms with E-state index in [-0.39, 0.29) is 17.7 Å². The fourth-order valence-corrected chi connectivity index (χ4v) is 3.43. The molecule has 1 aliphatic carbocycles. The lowest BCUT2D eigenvalue weighted by molar-refractivity contribution is 0.126. The van der Waals surface area contributed by atoms with E-state index in [1.54, 1.807) is 36.4 Å². The highest BCUT2D eigenvalue weighted by Crippen LogP contribution is 2.27. The minimum absolute atomic E-state index is 0.0932. The lowest BCUT2D eigenvalue weighted by atomic mass is 9.93. The van der Waals surface area contributed by atoms with Gasteiger partial charge in [-0.3, -0.25) is 9.78 Å². The summed E-state index contributed by atoms with van der Waals surface area (Å²) >= 11 is 0. The molecule has 3 aromatic rings. The van der Waals surface area contributed by atoms with Gasteiger partial charge in [0.05, 0.1) is 17.7 Å². The Kier molecular flexibility index (Phi) is 4.72. The second-order valence-corrected chi connectivity index (χ2v) is 6.92. The van der Waals surface area contributed by atoms with Gasteiger partial charge in [0.15, 0.2) is 0 Å². The molecule has 0 atom stereocenters. The molecular weight excluding hydrogens is 344 g/mol. The zero-order valence-electron chi connectivity index (χ0n) is 15.1. The van der Waals surface area contributed by atoms with Gasteiger partial charge in [0, 0.05) is 31.7 Å². The highest BCUT2D eigenvalue weighted by Gasteiger charge is 2.21. The van der Waals surface area contributed by atoms with Crippen molar-refractivity contribution in [3.05, 3.63) is 47.3 Å². The summed E-state index contributed by atoms with van der Waals surface area (Å²) < 4.78 is 1.55. The van der Waals surface area contributed by atoms with Crippen molar-refractivity contribution < 1.29 is 5.11 Å². The monoisotopic (exact) mass is 366 g/mol. The summed E-state index contributed by atoms with van der Waals surface area (Å²) in [5, 5.41) is 17.7. The summed E-state index contributed by atoms with van der Waals surface area (Å²) in [6, 6.07) is 3.91. The predicted molar refractivity (Wildman–Crippen MR) is 104 cm³/mol. The van der Waals surface area contributed by atoms with Crippen LogP contribution in [0.5, 0.6) is 0 Å². The standard InChI is InChI=1S/C19H22N6O2/c1-25-9-6-12-10-15(23-16-11-20-7-8-21-16)24-18(17(12)19(25)27)22-13-2-4-14(26)5-3-13/h6-11,13-14,26H,2-5H2,1H3,(H2,21,22,23,24)/t13-,14+. The number of hydrogen-bond donors (Lipinski definition) is 3. The molecule has 0 radical (unpaired) electrons. The molecule has 0 spiro atoms. The third kappa shape index (κ3) is 3.75. The quantitative estimate of drug-likeness (QED) is 0.650. The van der Waals surface area contributed by atoms with E-state index in [9.17, 15) is 9.90 Å². The number of nitrogens with one attached hydrogen (secondary N) is 2. The summed E-state index contributed by atoms with van der Waals surface area (Å²) in [5.74, 6) is 1.73. The molecule has 1 saturated carbocycles. The van der Waals surface area contributed by atoms with Crippen LogP contribution in [0.1, 0.15) is 25.7 Å². The first-order valence-electron chi connectivity index (χ1n) is 9.08. The summed E-state index contributed by atoms with van der Waals surface area (Å²) in [5.41, 5.74) is -0.0932.